The summed E-state index contributed by atoms with van der Waals surface area (Å²) in [5.41, 5.74) is 0.496. The number of carbonyl (C=O) groups excluding carboxylic acids is 1. The lowest BCUT2D eigenvalue weighted by Crippen LogP contribution is -2.35. The highest BCUT2D eigenvalue weighted by atomic mass is 19.1. The maximum atomic E-state index is 13.4. The zero-order chi connectivity index (χ0) is 11.5. The molecule has 1 saturated heterocycles. The highest BCUT2D eigenvalue weighted by Crippen LogP contribution is 2.21. The van der Waals surface area contributed by atoms with Gasteiger partial charge in [0.25, 0.3) is 0 Å². The second kappa shape index (κ2) is 4.61. The Balaban J connectivity index is 2.14. The van der Waals surface area contributed by atoms with Crippen molar-refractivity contribution < 1.29 is 14.3 Å². The molecule has 1 fully saturated rings. The number of carbonyl (C=O) groups is 1. The summed E-state index contributed by atoms with van der Waals surface area (Å²) in [6.07, 6.45) is 1.10. The van der Waals surface area contributed by atoms with E-state index in [1.54, 1.807) is 23.1 Å². The van der Waals surface area contributed by atoms with Gasteiger partial charge in [0.1, 0.15) is 5.82 Å². The first-order valence-corrected chi connectivity index (χ1v) is 5.36. The van der Waals surface area contributed by atoms with E-state index < -0.39 is 0 Å². The SMILES string of the molecule is O=C1CCC(CO)N1Cc1ccccc1F. The fourth-order valence-corrected chi connectivity index (χ4v) is 2.01. The van der Waals surface area contributed by atoms with Gasteiger partial charge >= 0.3 is 0 Å². The molecule has 0 aromatic heterocycles. The van der Waals surface area contributed by atoms with Crippen LogP contribution in [0.5, 0.6) is 0 Å². The molecule has 1 aliphatic heterocycles. The van der Waals surface area contributed by atoms with Crippen molar-refractivity contribution in [2.24, 2.45) is 0 Å². The van der Waals surface area contributed by atoms with Gasteiger partial charge in [0.05, 0.1) is 12.6 Å². The Morgan fingerprint density at radius 2 is 2.19 bits per heavy atom. The number of aliphatic hydroxyl groups is 1. The lowest BCUT2D eigenvalue weighted by atomic mass is 10.2. The summed E-state index contributed by atoms with van der Waals surface area (Å²) in [6.45, 7) is 0.191. The molecule has 0 saturated carbocycles. The quantitative estimate of drug-likeness (QED) is 0.839. The summed E-state index contributed by atoms with van der Waals surface area (Å²) in [4.78, 5) is 13.1. The van der Waals surface area contributed by atoms with E-state index in [-0.39, 0.29) is 30.9 Å². The van der Waals surface area contributed by atoms with Crippen molar-refractivity contribution >= 4 is 5.91 Å². The van der Waals surface area contributed by atoms with Gasteiger partial charge in [-0.3, -0.25) is 4.79 Å². The van der Waals surface area contributed by atoms with Crippen LogP contribution in [0.2, 0.25) is 0 Å². The molecule has 16 heavy (non-hydrogen) atoms. The van der Waals surface area contributed by atoms with Crippen molar-refractivity contribution in [1.82, 2.24) is 4.90 Å². The van der Waals surface area contributed by atoms with Crippen LogP contribution < -0.4 is 0 Å². The number of amides is 1. The Bertz CT molecular complexity index is 394. The maximum Gasteiger partial charge on any atom is 0.223 e. The molecule has 1 N–H and O–H groups in total. The molecule has 1 unspecified atom stereocenters. The van der Waals surface area contributed by atoms with Gasteiger partial charge in [-0.15, -0.1) is 0 Å². The summed E-state index contributed by atoms with van der Waals surface area (Å²) in [5.74, 6) is -0.318. The van der Waals surface area contributed by atoms with Crippen LogP contribution >= 0.6 is 0 Å². The molecule has 1 heterocycles. The molecular weight excluding hydrogens is 209 g/mol. The molecule has 1 amide bonds. The smallest absolute Gasteiger partial charge is 0.223 e. The molecule has 2 rings (SSSR count). The summed E-state index contributed by atoms with van der Waals surface area (Å²) < 4.78 is 13.4. The average molecular weight is 223 g/mol. The second-order valence-electron chi connectivity index (χ2n) is 3.99. The molecule has 1 atom stereocenters. The van der Waals surface area contributed by atoms with Crippen molar-refractivity contribution in [3.8, 4) is 0 Å². The van der Waals surface area contributed by atoms with Crippen LogP contribution in [0.1, 0.15) is 18.4 Å². The van der Waals surface area contributed by atoms with E-state index in [1.807, 2.05) is 0 Å². The van der Waals surface area contributed by atoms with E-state index in [0.29, 0.717) is 18.4 Å². The van der Waals surface area contributed by atoms with Gasteiger partial charge < -0.3 is 10.0 Å². The largest absolute Gasteiger partial charge is 0.394 e. The van der Waals surface area contributed by atoms with Crippen LogP contribution in [-0.4, -0.2) is 28.6 Å². The van der Waals surface area contributed by atoms with Gasteiger partial charge in [-0.05, 0) is 12.5 Å². The van der Waals surface area contributed by atoms with Gasteiger partial charge in [-0.2, -0.15) is 0 Å². The Morgan fingerprint density at radius 1 is 1.44 bits per heavy atom. The van der Waals surface area contributed by atoms with Gasteiger partial charge in [0.2, 0.25) is 5.91 Å². The third-order valence-electron chi connectivity index (χ3n) is 2.96. The minimum Gasteiger partial charge on any atom is -0.394 e. The van der Waals surface area contributed by atoms with Crippen LogP contribution in [-0.2, 0) is 11.3 Å². The minimum absolute atomic E-state index is 0.0118. The van der Waals surface area contributed by atoms with E-state index in [9.17, 15) is 9.18 Å². The Labute approximate surface area is 93.5 Å². The first kappa shape index (κ1) is 11.1. The normalized spacial score (nSPS) is 20.5. The molecular formula is C12H14FNO2. The van der Waals surface area contributed by atoms with Crippen molar-refractivity contribution in [1.29, 1.82) is 0 Å². The van der Waals surface area contributed by atoms with Gasteiger partial charge in [-0.25, -0.2) is 4.39 Å². The zero-order valence-corrected chi connectivity index (χ0v) is 8.90. The number of benzene rings is 1. The number of halogens is 1. The number of likely N-dealkylation sites (tertiary alicyclic amines) is 1. The van der Waals surface area contributed by atoms with Crippen molar-refractivity contribution in [2.45, 2.75) is 25.4 Å². The molecule has 0 spiro atoms. The van der Waals surface area contributed by atoms with Crippen LogP contribution in [0.4, 0.5) is 4.39 Å². The van der Waals surface area contributed by atoms with E-state index >= 15 is 0 Å². The molecule has 3 nitrogen and oxygen atoms in total. The summed E-state index contributed by atoms with van der Waals surface area (Å²) in [7, 11) is 0. The summed E-state index contributed by atoms with van der Waals surface area (Å²) in [5, 5.41) is 9.11. The number of hydrogen-bond acceptors (Lipinski definition) is 2. The standard InChI is InChI=1S/C12H14FNO2/c13-11-4-2-1-3-9(11)7-14-10(8-15)5-6-12(14)16/h1-4,10,15H,5-8H2. The van der Waals surface area contributed by atoms with Crippen molar-refractivity contribution in [3.05, 3.63) is 35.6 Å². The Morgan fingerprint density at radius 3 is 2.88 bits per heavy atom. The lowest BCUT2D eigenvalue weighted by molar-refractivity contribution is -0.130. The fourth-order valence-electron chi connectivity index (χ4n) is 2.01. The van der Waals surface area contributed by atoms with Gasteiger partial charge in [0.15, 0.2) is 0 Å². The first-order valence-electron chi connectivity index (χ1n) is 5.36. The summed E-state index contributed by atoms with van der Waals surface area (Å²) >= 11 is 0. The van der Waals surface area contributed by atoms with Gasteiger partial charge in [-0.1, -0.05) is 18.2 Å². The number of hydrogen-bond donors (Lipinski definition) is 1. The van der Waals surface area contributed by atoms with E-state index in [0.717, 1.165) is 0 Å². The minimum atomic E-state index is -0.307. The lowest BCUT2D eigenvalue weighted by Gasteiger charge is -2.23. The maximum absolute atomic E-state index is 13.4. The average Bonchev–Trinajstić information content (AvgIpc) is 2.63. The van der Waals surface area contributed by atoms with Crippen molar-refractivity contribution in [3.63, 3.8) is 0 Å². The predicted octanol–water partition coefficient (Wildman–Crippen LogP) is 1.31. The highest BCUT2D eigenvalue weighted by molar-refractivity contribution is 5.78. The zero-order valence-electron chi connectivity index (χ0n) is 8.90. The van der Waals surface area contributed by atoms with E-state index in [4.69, 9.17) is 5.11 Å². The highest BCUT2D eigenvalue weighted by Gasteiger charge is 2.30. The van der Waals surface area contributed by atoms with Crippen LogP contribution in [0, 0.1) is 5.82 Å². The Kier molecular flexibility index (Phi) is 3.19. The molecule has 0 aliphatic carbocycles. The van der Waals surface area contributed by atoms with E-state index in [2.05, 4.69) is 0 Å². The second-order valence-corrected chi connectivity index (χ2v) is 3.99. The third-order valence-corrected chi connectivity index (χ3v) is 2.96. The van der Waals surface area contributed by atoms with Crippen molar-refractivity contribution in [2.75, 3.05) is 6.61 Å². The third kappa shape index (κ3) is 2.07. The first-order chi connectivity index (χ1) is 7.72. The molecule has 1 aliphatic rings. The van der Waals surface area contributed by atoms with Crippen LogP contribution in [0.15, 0.2) is 24.3 Å². The number of nitrogens with zero attached hydrogens (tertiary/aromatic N) is 1. The molecule has 0 bridgehead atoms. The fraction of sp³-hybridized carbons (Fsp3) is 0.417. The molecule has 0 radical (unpaired) electrons. The van der Waals surface area contributed by atoms with Crippen LogP contribution in [0.3, 0.4) is 0 Å². The molecule has 1 aromatic carbocycles. The monoisotopic (exact) mass is 223 g/mol. The predicted molar refractivity (Wildman–Crippen MR) is 57.1 cm³/mol. The molecule has 4 heteroatoms. The van der Waals surface area contributed by atoms with E-state index in [1.165, 1.54) is 6.07 Å². The number of aliphatic hydroxyl groups excluding tert-OH is 1. The summed E-state index contributed by atoms with van der Waals surface area (Å²) in [6, 6.07) is 6.24. The van der Waals surface area contributed by atoms with Gasteiger partial charge in [0, 0.05) is 18.5 Å². The molecule has 1 aromatic rings. The Hall–Kier alpha value is -1.42. The van der Waals surface area contributed by atoms with Crippen LogP contribution in [0.25, 0.3) is 0 Å². The number of rotatable bonds is 3. The molecule has 86 valence electrons. The topological polar surface area (TPSA) is 40.5 Å².